The molecule has 0 radical (unpaired) electrons. The number of pyridine rings is 1. The van der Waals surface area contributed by atoms with E-state index in [1.807, 2.05) is 56.3 Å². The quantitative estimate of drug-likeness (QED) is 0.350. The number of aryl methyl sites for hydroxylation is 1. The van der Waals surface area contributed by atoms with Gasteiger partial charge in [0.2, 0.25) is 0 Å². The third-order valence-electron chi connectivity index (χ3n) is 6.04. The Balaban J connectivity index is 1.71. The van der Waals surface area contributed by atoms with Gasteiger partial charge in [-0.05, 0) is 53.3 Å². The fourth-order valence-electron chi connectivity index (χ4n) is 4.35. The van der Waals surface area contributed by atoms with Gasteiger partial charge in [-0.2, -0.15) is 0 Å². The van der Waals surface area contributed by atoms with Crippen molar-refractivity contribution in [2.24, 2.45) is 0 Å². The molecule has 2 heterocycles. The molecule has 2 aromatic heterocycles. The van der Waals surface area contributed by atoms with E-state index in [2.05, 4.69) is 37.5 Å². The van der Waals surface area contributed by atoms with Crippen molar-refractivity contribution in [3.8, 4) is 0 Å². The fraction of sp³-hybridized carbons (Fsp3) is 0.346. The molecule has 0 fully saturated rings. The Morgan fingerprint density at radius 1 is 1.11 bits per heavy atom. The van der Waals surface area contributed by atoms with Crippen molar-refractivity contribution in [1.29, 1.82) is 0 Å². The molecule has 4 rings (SSSR count). The number of aromatic amines is 1. The third-order valence-corrected chi connectivity index (χ3v) is 6.04. The number of para-hydroxylation sites is 1. The molecule has 0 aliphatic rings. The van der Waals surface area contributed by atoms with Crippen LogP contribution in [0, 0.1) is 6.92 Å². The van der Waals surface area contributed by atoms with Crippen molar-refractivity contribution in [2.75, 3.05) is 6.61 Å². The van der Waals surface area contributed by atoms with E-state index in [1.165, 1.54) is 4.68 Å². The summed E-state index contributed by atoms with van der Waals surface area (Å²) in [5, 5.41) is 13.1. The van der Waals surface area contributed by atoms with Crippen LogP contribution in [0.4, 0.5) is 0 Å². The first-order chi connectivity index (χ1) is 17.0. The minimum absolute atomic E-state index is 0.0678. The molecule has 4 aromatic rings. The Morgan fingerprint density at radius 2 is 1.91 bits per heavy atom. The number of carbonyl (C=O) groups excluding carboxylic acids is 1. The maximum atomic E-state index is 13.1. The maximum Gasteiger partial charge on any atom is 0.327 e. The average molecular weight is 475 g/mol. The molecule has 0 bridgehead atoms. The van der Waals surface area contributed by atoms with Crippen molar-refractivity contribution in [1.82, 2.24) is 30.1 Å². The lowest BCUT2D eigenvalue weighted by atomic mass is 10.1. The summed E-state index contributed by atoms with van der Waals surface area (Å²) in [7, 11) is 0. The molecule has 35 heavy (non-hydrogen) atoms. The standard InChI is InChI=1S/C26H30N6O3/c1-4-22(25-28-29-30-32(25)17-23(33)35-5-2)31(15-19-11-7-6-8-12-19)16-21-14-20-13-9-10-18(3)24(20)27-26(21)34/h6-14,22H,4-5,15-17H2,1-3H3,(H,27,34)/t22-/m0/s1. The van der Waals surface area contributed by atoms with Gasteiger partial charge in [0.15, 0.2) is 5.82 Å². The number of hydrogen-bond donors (Lipinski definition) is 1. The second kappa shape index (κ2) is 11.1. The lowest BCUT2D eigenvalue weighted by Gasteiger charge is -2.30. The van der Waals surface area contributed by atoms with Crippen molar-refractivity contribution in [2.45, 2.75) is 52.9 Å². The summed E-state index contributed by atoms with van der Waals surface area (Å²) in [6.45, 7) is 6.98. The van der Waals surface area contributed by atoms with Crippen LogP contribution in [-0.4, -0.2) is 42.7 Å². The van der Waals surface area contributed by atoms with Gasteiger partial charge in [-0.15, -0.1) is 5.10 Å². The Morgan fingerprint density at radius 3 is 2.66 bits per heavy atom. The van der Waals surface area contributed by atoms with Crippen LogP contribution in [0.3, 0.4) is 0 Å². The lowest BCUT2D eigenvalue weighted by molar-refractivity contribution is -0.144. The summed E-state index contributed by atoms with van der Waals surface area (Å²) in [6, 6.07) is 17.7. The smallest absolute Gasteiger partial charge is 0.327 e. The van der Waals surface area contributed by atoms with Crippen molar-refractivity contribution < 1.29 is 9.53 Å². The first-order valence-electron chi connectivity index (χ1n) is 11.8. The Kier molecular flexibility index (Phi) is 7.67. The molecule has 1 atom stereocenters. The zero-order valence-corrected chi connectivity index (χ0v) is 20.3. The number of nitrogens with one attached hydrogen (secondary N) is 1. The van der Waals surface area contributed by atoms with Crippen LogP contribution < -0.4 is 5.56 Å². The molecule has 0 spiro atoms. The van der Waals surface area contributed by atoms with E-state index in [1.54, 1.807) is 6.92 Å². The molecule has 9 heteroatoms. The van der Waals surface area contributed by atoms with Gasteiger partial charge in [-0.3, -0.25) is 14.5 Å². The third kappa shape index (κ3) is 5.63. The van der Waals surface area contributed by atoms with Crippen LogP contribution >= 0.6 is 0 Å². The van der Waals surface area contributed by atoms with Crippen LogP contribution in [0.15, 0.2) is 59.4 Å². The number of H-pyrrole nitrogens is 1. The highest BCUT2D eigenvalue weighted by atomic mass is 16.5. The van der Waals surface area contributed by atoms with E-state index in [-0.39, 0.29) is 24.8 Å². The molecule has 0 saturated heterocycles. The molecule has 0 aliphatic carbocycles. The van der Waals surface area contributed by atoms with Crippen molar-refractivity contribution in [3.05, 3.63) is 87.5 Å². The number of fused-ring (bicyclic) bond motifs is 1. The first-order valence-corrected chi connectivity index (χ1v) is 11.8. The molecular formula is C26H30N6O3. The zero-order chi connectivity index (χ0) is 24.8. The van der Waals surface area contributed by atoms with Crippen LogP contribution in [0.25, 0.3) is 10.9 Å². The first kappa shape index (κ1) is 24.3. The largest absolute Gasteiger partial charge is 0.465 e. The number of esters is 1. The Labute approximate surface area is 203 Å². The van der Waals surface area contributed by atoms with Crippen LogP contribution in [0.5, 0.6) is 0 Å². The number of tetrazole rings is 1. The minimum atomic E-state index is -0.396. The highest BCUT2D eigenvalue weighted by molar-refractivity contribution is 5.81. The van der Waals surface area contributed by atoms with Gasteiger partial charge in [-0.1, -0.05) is 55.5 Å². The molecule has 2 aromatic carbocycles. The van der Waals surface area contributed by atoms with Gasteiger partial charge < -0.3 is 9.72 Å². The van der Waals surface area contributed by atoms with Crippen molar-refractivity contribution in [3.63, 3.8) is 0 Å². The second-order valence-electron chi connectivity index (χ2n) is 8.48. The van der Waals surface area contributed by atoms with Gasteiger partial charge >= 0.3 is 5.97 Å². The second-order valence-corrected chi connectivity index (χ2v) is 8.48. The van der Waals surface area contributed by atoms with Gasteiger partial charge in [0.25, 0.3) is 5.56 Å². The summed E-state index contributed by atoms with van der Waals surface area (Å²) in [5.41, 5.74) is 3.51. The fourth-order valence-corrected chi connectivity index (χ4v) is 4.35. The molecular weight excluding hydrogens is 444 g/mol. The number of aromatic nitrogens is 5. The SMILES string of the molecule is CCOC(=O)Cn1nnnc1[C@H](CC)N(Cc1ccccc1)Cc1cc2cccc(C)c2[nH]c1=O. The molecule has 1 N–H and O–H groups in total. The molecule has 0 saturated carbocycles. The Bertz CT molecular complexity index is 1350. The number of benzene rings is 2. The molecule has 0 unspecified atom stereocenters. The van der Waals surface area contributed by atoms with Crippen LogP contribution in [0.1, 0.15) is 48.8 Å². The monoisotopic (exact) mass is 474 g/mol. The molecule has 182 valence electrons. The zero-order valence-electron chi connectivity index (χ0n) is 20.3. The van der Waals surface area contributed by atoms with E-state index in [0.717, 1.165) is 22.0 Å². The topological polar surface area (TPSA) is 106 Å². The highest BCUT2D eigenvalue weighted by Gasteiger charge is 2.27. The van der Waals surface area contributed by atoms with Gasteiger partial charge in [0, 0.05) is 18.7 Å². The predicted octanol–water partition coefficient (Wildman–Crippen LogP) is 3.54. The van der Waals surface area contributed by atoms with E-state index in [4.69, 9.17) is 4.74 Å². The van der Waals surface area contributed by atoms with Crippen LogP contribution in [0.2, 0.25) is 0 Å². The van der Waals surface area contributed by atoms with Crippen LogP contribution in [-0.2, 0) is 29.2 Å². The molecule has 9 nitrogen and oxygen atoms in total. The van der Waals surface area contributed by atoms with Gasteiger partial charge in [-0.25, -0.2) is 4.68 Å². The summed E-state index contributed by atoms with van der Waals surface area (Å²) in [4.78, 5) is 30.4. The Hall–Kier alpha value is -3.85. The highest BCUT2D eigenvalue weighted by Crippen LogP contribution is 2.26. The van der Waals surface area contributed by atoms with E-state index >= 15 is 0 Å². The number of ether oxygens (including phenoxy) is 1. The minimum Gasteiger partial charge on any atom is -0.465 e. The summed E-state index contributed by atoms with van der Waals surface area (Å²) in [5.74, 6) is 0.163. The van der Waals surface area contributed by atoms with E-state index in [9.17, 15) is 9.59 Å². The molecule has 0 amide bonds. The van der Waals surface area contributed by atoms with Gasteiger partial charge in [0.1, 0.15) is 6.54 Å². The maximum absolute atomic E-state index is 13.1. The molecule has 0 aliphatic heterocycles. The lowest BCUT2D eigenvalue weighted by Crippen LogP contribution is -2.33. The number of rotatable bonds is 10. The van der Waals surface area contributed by atoms with E-state index in [0.29, 0.717) is 30.9 Å². The van der Waals surface area contributed by atoms with Crippen molar-refractivity contribution >= 4 is 16.9 Å². The number of hydrogen-bond acceptors (Lipinski definition) is 7. The average Bonchev–Trinajstić information content (AvgIpc) is 3.29. The normalized spacial score (nSPS) is 12.2. The summed E-state index contributed by atoms with van der Waals surface area (Å²) in [6.07, 6.45) is 0.681. The van der Waals surface area contributed by atoms with E-state index < -0.39 is 5.97 Å². The summed E-state index contributed by atoms with van der Waals surface area (Å²) >= 11 is 0. The summed E-state index contributed by atoms with van der Waals surface area (Å²) < 4.78 is 6.57. The number of nitrogens with zero attached hydrogens (tertiary/aromatic N) is 5. The predicted molar refractivity (Wildman–Crippen MR) is 132 cm³/mol. The van der Waals surface area contributed by atoms with Gasteiger partial charge in [0.05, 0.1) is 18.2 Å². The number of carbonyl (C=O) groups is 1.